The van der Waals surface area contributed by atoms with Gasteiger partial charge in [-0.1, -0.05) is 65.0 Å². The van der Waals surface area contributed by atoms with Crippen molar-refractivity contribution in [2.24, 2.45) is 5.92 Å². The van der Waals surface area contributed by atoms with Gasteiger partial charge >= 0.3 is 0 Å². The molecule has 0 amide bonds. The summed E-state index contributed by atoms with van der Waals surface area (Å²) in [7, 11) is 0. The fourth-order valence-corrected chi connectivity index (χ4v) is 3.17. The molecular weight excluding hydrogens is 272 g/mol. The van der Waals surface area contributed by atoms with E-state index >= 15 is 0 Å². The molecule has 0 aromatic heterocycles. The van der Waals surface area contributed by atoms with Gasteiger partial charge in [-0.25, -0.2) is 0 Å². The summed E-state index contributed by atoms with van der Waals surface area (Å²) in [6, 6.07) is 8.14. The maximum Gasteiger partial charge on any atom is 0.0438 e. The molecule has 0 heterocycles. The summed E-state index contributed by atoms with van der Waals surface area (Å²) in [6.45, 7) is 0. The molecule has 1 aromatic rings. The molecule has 1 aliphatic carbocycles. The second-order valence-electron chi connectivity index (χ2n) is 4.43. The minimum atomic E-state index is 0.586. The molecule has 0 aliphatic heterocycles. The van der Waals surface area contributed by atoms with Crippen molar-refractivity contribution < 1.29 is 0 Å². The van der Waals surface area contributed by atoms with Gasteiger partial charge in [-0.15, -0.1) is 0 Å². The zero-order chi connectivity index (χ0) is 10.7. The first-order valence-electron chi connectivity index (χ1n) is 5.63. The van der Waals surface area contributed by atoms with Crippen LogP contribution in [-0.4, -0.2) is 4.83 Å². The lowest BCUT2D eigenvalue weighted by atomic mass is 9.81. The lowest BCUT2D eigenvalue weighted by Gasteiger charge is -2.27. The van der Waals surface area contributed by atoms with Crippen LogP contribution in [0.1, 0.15) is 31.2 Å². The van der Waals surface area contributed by atoms with Crippen LogP contribution in [0, 0.1) is 5.92 Å². The van der Waals surface area contributed by atoms with Crippen LogP contribution in [0.4, 0.5) is 0 Å². The van der Waals surface area contributed by atoms with Gasteiger partial charge in [0.05, 0.1) is 0 Å². The van der Waals surface area contributed by atoms with Crippen molar-refractivity contribution in [1.29, 1.82) is 0 Å². The standard InChI is InChI=1S/C13H16BrCl/c14-12(8-10-4-3-5-10)9-11-6-1-2-7-13(11)15/h1-2,6-7,10,12H,3-5,8-9H2. The number of hydrogen-bond acceptors (Lipinski definition) is 0. The van der Waals surface area contributed by atoms with E-state index in [9.17, 15) is 0 Å². The molecule has 1 atom stereocenters. The Kier molecular flexibility index (Phi) is 4.10. The number of alkyl halides is 1. The molecule has 82 valence electrons. The van der Waals surface area contributed by atoms with Crippen molar-refractivity contribution in [1.82, 2.24) is 0 Å². The third-order valence-electron chi connectivity index (χ3n) is 3.21. The summed E-state index contributed by atoms with van der Waals surface area (Å²) in [6.07, 6.45) is 6.62. The van der Waals surface area contributed by atoms with Gasteiger partial charge in [0.1, 0.15) is 0 Å². The summed E-state index contributed by atoms with van der Waals surface area (Å²) in [5.74, 6) is 0.955. The summed E-state index contributed by atoms with van der Waals surface area (Å²) >= 11 is 9.90. The summed E-state index contributed by atoms with van der Waals surface area (Å²) < 4.78 is 0. The third-order valence-corrected chi connectivity index (χ3v) is 4.28. The van der Waals surface area contributed by atoms with Crippen LogP contribution < -0.4 is 0 Å². The molecule has 1 fully saturated rings. The number of halogens is 2. The minimum Gasteiger partial charge on any atom is -0.0887 e. The van der Waals surface area contributed by atoms with Gasteiger partial charge in [0.15, 0.2) is 0 Å². The van der Waals surface area contributed by atoms with Gasteiger partial charge in [-0.3, -0.25) is 0 Å². The Morgan fingerprint density at radius 2 is 2.07 bits per heavy atom. The van der Waals surface area contributed by atoms with E-state index in [1.54, 1.807) is 0 Å². The second kappa shape index (κ2) is 5.36. The molecule has 1 aromatic carbocycles. The average molecular weight is 288 g/mol. The molecule has 0 bridgehead atoms. The van der Waals surface area contributed by atoms with E-state index in [-0.39, 0.29) is 0 Å². The SMILES string of the molecule is Clc1ccccc1CC(Br)CC1CCC1. The quantitative estimate of drug-likeness (QED) is 0.695. The average Bonchev–Trinajstić information content (AvgIpc) is 2.16. The van der Waals surface area contributed by atoms with E-state index in [0.717, 1.165) is 17.4 Å². The van der Waals surface area contributed by atoms with Gasteiger partial charge in [-0.05, 0) is 30.4 Å². The second-order valence-corrected chi connectivity index (χ2v) is 6.13. The van der Waals surface area contributed by atoms with Crippen LogP contribution in [0.15, 0.2) is 24.3 Å². The molecular formula is C13H16BrCl. The van der Waals surface area contributed by atoms with Crippen molar-refractivity contribution in [2.75, 3.05) is 0 Å². The Bertz CT molecular complexity index is 320. The summed E-state index contributed by atoms with van der Waals surface area (Å²) in [5.41, 5.74) is 1.26. The maximum absolute atomic E-state index is 6.13. The molecule has 1 unspecified atom stereocenters. The molecule has 1 aliphatic rings. The van der Waals surface area contributed by atoms with Crippen molar-refractivity contribution >= 4 is 27.5 Å². The lowest BCUT2D eigenvalue weighted by Crippen LogP contribution is -2.17. The van der Waals surface area contributed by atoms with Crippen molar-refractivity contribution in [3.8, 4) is 0 Å². The molecule has 0 spiro atoms. The molecule has 0 saturated heterocycles. The first kappa shape index (κ1) is 11.5. The van der Waals surface area contributed by atoms with Crippen molar-refractivity contribution in [3.05, 3.63) is 34.9 Å². The maximum atomic E-state index is 6.13. The smallest absolute Gasteiger partial charge is 0.0438 e. The first-order chi connectivity index (χ1) is 7.25. The molecule has 2 heteroatoms. The Labute approximate surface area is 105 Å². The minimum absolute atomic E-state index is 0.586. The van der Waals surface area contributed by atoms with Gasteiger partial charge in [0, 0.05) is 9.85 Å². The van der Waals surface area contributed by atoms with Gasteiger partial charge in [-0.2, -0.15) is 0 Å². The van der Waals surface area contributed by atoms with Crippen LogP contribution in [0.5, 0.6) is 0 Å². The Hall–Kier alpha value is -0.0100. The highest BCUT2D eigenvalue weighted by molar-refractivity contribution is 9.09. The number of benzene rings is 1. The van der Waals surface area contributed by atoms with E-state index in [0.29, 0.717) is 4.83 Å². The van der Waals surface area contributed by atoms with E-state index in [2.05, 4.69) is 28.1 Å². The monoisotopic (exact) mass is 286 g/mol. The fourth-order valence-electron chi connectivity index (χ4n) is 2.08. The Balaban J connectivity index is 1.87. The van der Waals surface area contributed by atoms with Crippen LogP contribution in [0.2, 0.25) is 5.02 Å². The normalized spacial score (nSPS) is 18.5. The predicted octanol–water partition coefficient (Wildman–Crippen LogP) is 4.84. The molecule has 0 nitrogen and oxygen atoms in total. The van der Waals surface area contributed by atoms with Gasteiger partial charge < -0.3 is 0 Å². The number of rotatable bonds is 4. The van der Waals surface area contributed by atoms with E-state index < -0.39 is 0 Å². The van der Waals surface area contributed by atoms with Crippen molar-refractivity contribution in [2.45, 2.75) is 36.9 Å². The highest BCUT2D eigenvalue weighted by atomic mass is 79.9. The first-order valence-corrected chi connectivity index (χ1v) is 6.92. The summed E-state index contributed by atoms with van der Waals surface area (Å²) in [5, 5.41) is 0.899. The highest BCUT2D eigenvalue weighted by Gasteiger charge is 2.21. The van der Waals surface area contributed by atoms with Crippen molar-refractivity contribution in [3.63, 3.8) is 0 Å². The molecule has 1 saturated carbocycles. The fraction of sp³-hybridized carbons (Fsp3) is 0.538. The predicted molar refractivity (Wildman–Crippen MR) is 69.8 cm³/mol. The van der Waals surface area contributed by atoms with E-state index in [4.69, 9.17) is 11.6 Å². The van der Waals surface area contributed by atoms with Gasteiger partial charge in [0.2, 0.25) is 0 Å². The topological polar surface area (TPSA) is 0 Å². The zero-order valence-electron chi connectivity index (χ0n) is 8.76. The lowest BCUT2D eigenvalue weighted by molar-refractivity contribution is 0.294. The Morgan fingerprint density at radius 3 is 2.67 bits per heavy atom. The zero-order valence-corrected chi connectivity index (χ0v) is 11.1. The number of hydrogen-bond donors (Lipinski definition) is 0. The van der Waals surface area contributed by atoms with Gasteiger partial charge in [0.25, 0.3) is 0 Å². The molecule has 2 rings (SSSR count). The van der Waals surface area contributed by atoms with Crippen LogP contribution in [0.25, 0.3) is 0 Å². The van der Waals surface area contributed by atoms with E-state index in [1.165, 1.54) is 31.2 Å². The highest BCUT2D eigenvalue weighted by Crippen LogP contribution is 2.33. The van der Waals surface area contributed by atoms with Crippen LogP contribution >= 0.6 is 27.5 Å². The largest absolute Gasteiger partial charge is 0.0887 e. The molecule has 0 radical (unpaired) electrons. The Morgan fingerprint density at radius 1 is 1.33 bits per heavy atom. The van der Waals surface area contributed by atoms with E-state index in [1.807, 2.05) is 12.1 Å². The molecule has 15 heavy (non-hydrogen) atoms. The van der Waals surface area contributed by atoms with Crippen LogP contribution in [-0.2, 0) is 6.42 Å². The summed E-state index contributed by atoms with van der Waals surface area (Å²) in [4.78, 5) is 0.586. The third kappa shape index (κ3) is 3.22. The van der Waals surface area contributed by atoms with Crippen LogP contribution in [0.3, 0.4) is 0 Å². The molecule has 0 N–H and O–H groups in total.